The van der Waals surface area contributed by atoms with Crippen molar-refractivity contribution in [3.63, 3.8) is 0 Å². The van der Waals surface area contributed by atoms with Crippen LogP contribution in [0.3, 0.4) is 0 Å². The zero-order valence-electron chi connectivity index (χ0n) is 6.28. The van der Waals surface area contributed by atoms with Crippen LogP contribution in [0.15, 0.2) is 4.99 Å². The van der Waals surface area contributed by atoms with Crippen LogP contribution in [0.2, 0.25) is 0 Å². The minimum atomic E-state index is -4.19. The van der Waals surface area contributed by atoms with Crippen LogP contribution in [0.4, 0.5) is 13.2 Å². The lowest BCUT2D eigenvalue weighted by Gasteiger charge is -2.18. The van der Waals surface area contributed by atoms with Gasteiger partial charge in [-0.3, -0.25) is 4.99 Å². The SMILES string of the molecule is C[C@H]1CCC(C(F)(F)F)=NC1. The molecule has 64 valence electrons. The highest BCUT2D eigenvalue weighted by atomic mass is 19.4. The van der Waals surface area contributed by atoms with Gasteiger partial charge in [0.25, 0.3) is 0 Å². The predicted octanol–water partition coefficient (Wildman–Crippen LogP) is 2.42. The lowest BCUT2D eigenvalue weighted by molar-refractivity contribution is -0.0615. The summed E-state index contributed by atoms with van der Waals surface area (Å²) in [7, 11) is 0. The van der Waals surface area contributed by atoms with E-state index in [1.165, 1.54) is 0 Å². The maximum Gasteiger partial charge on any atom is 0.429 e. The first kappa shape index (κ1) is 8.56. The first-order chi connectivity index (χ1) is 5.00. The molecule has 11 heavy (non-hydrogen) atoms. The van der Waals surface area contributed by atoms with Gasteiger partial charge < -0.3 is 0 Å². The molecular weight excluding hydrogens is 155 g/mol. The lowest BCUT2D eigenvalue weighted by Crippen LogP contribution is -2.27. The Kier molecular flexibility index (Phi) is 2.20. The van der Waals surface area contributed by atoms with E-state index in [-0.39, 0.29) is 6.42 Å². The van der Waals surface area contributed by atoms with Crippen molar-refractivity contribution in [2.24, 2.45) is 10.9 Å². The minimum absolute atomic E-state index is 0.0880. The van der Waals surface area contributed by atoms with E-state index < -0.39 is 11.9 Å². The number of aliphatic imine (C=N–C) groups is 1. The fraction of sp³-hybridized carbons (Fsp3) is 0.857. The van der Waals surface area contributed by atoms with E-state index in [4.69, 9.17) is 0 Å². The van der Waals surface area contributed by atoms with Gasteiger partial charge in [-0.15, -0.1) is 0 Å². The average Bonchev–Trinajstić information content (AvgIpc) is 1.86. The Balaban J connectivity index is 2.62. The summed E-state index contributed by atoms with van der Waals surface area (Å²) in [5, 5.41) is 0. The molecule has 0 radical (unpaired) electrons. The summed E-state index contributed by atoms with van der Waals surface area (Å²) in [6.45, 7) is 2.24. The van der Waals surface area contributed by atoms with E-state index in [1.807, 2.05) is 6.92 Å². The Labute approximate surface area is 63.3 Å². The Morgan fingerprint density at radius 2 is 2.09 bits per heavy atom. The van der Waals surface area contributed by atoms with Crippen LogP contribution in [0, 0.1) is 5.92 Å². The molecule has 0 aromatic carbocycles. The highest BCUT2D eigenvalue weighted by Crippen LogP contribution is 2.25. The van der Waals surface area contributed by atoms with E-state index in [2.05, 4.69) is 4.99 Å². The van der Waals surface area contributed by atoms with Crippen molar-refractivity contribution in [1.82, 2.24) is 0 Å². The molecule has 0 saturated heterocycles. The summed E-state index contributed by atoms with van der Waals surface area (Å²) in [6, 6.07) is 0. The highest BCUT2D eigenvalue weighted by molar-refractivity contribution is 5.90. The molecule has 0 unspecified atom stereocenters. The largest absolute Gasteiger partial charge is 0.429 e. The van der Waals surface area contributed by atoms with E-state index in [1.54, 1.807) is 0 Å². The van der Waals surface area contributed by atoms with Crippen molar-refractivity contribution in [3.05, 3.63) is 0 Å². The van der Waals surface area contributed by atoms with Gasteiger partial charge in [-0.25, -0.2) is 0 Å². The molecule has 0 aliphatic carbocycles. The number of hydrogen-bond acceptors (Lipinski definition) is 1. The number of nitrogens with zero attached hydrogens (tertiary/aromatic N) is 1. The van der Waals surface area contributed by atoms with Gasteiger partial charge in [0.05, 0.1) is 0 Å². The zero-order chi connectivity index (χ0) is 8.48. The molecule has 0 saturated carbocycles. The summed E-state index contributed by atoms with van der Waals surface area (Å²) in [5.74, 6) is 0.307. The highest BCUT2D eigenvalue weighted by Gasteiger charge is 2.36. The first-order valence-electron chi connectivity index (χ1n) is 3.60. The molecule has 0 fully saturated rings. The molecule has 4 heteroatoms. The predicted molar refractivity (Wildman–Crippen MR) is 36.8 cm³/mol. The summed E-state index contributed by atoms with van der Waals surface area (Å²) in [6.07, 6.45) is -3.50. The van der Waals surface area contributed by atoms with E-state index in [0.29, 0.717) is 18.9 Å². The monoisotopic (exact) mass is 165 g/mol. The molecule has 1 rings (SSSR count). The van der Waals surface area contributed by atoms with E-state index in [0.717, 1.165) is 0 Å². The molecule has 1 nitrogen and oxygen atoms in total. The quantitative estimate of drug-likeness (QED) is 0.522. The molecule has 1 heterocycles. The van der Waals surface area contributed by atoms with Gasteiger partial charge in [-0.2, -0.15) is 13.2 Å². The standard InChI is InChI=1S/C7H10F3N/c1-5-2-3-6(11-4-5)7(8,9)10/h5H,2-4H2,1H3/t5-/m0/s1. The molecule has 0 bridgehead atoms. The van der Waals surface area contributed by atoms with Crippen LogP contribution in [0.1, 0.15) is 19.8 Å². The third-order valence-corrected chi connectivity index (χ3v) is 1.79. The molecule has 0 aromatic rings. The van der Waals surface area contributed by atoms with Crippen LogP contribution in [0.5, 0.6) is 0 Å². The topological polar surface area (TPSA) is 12.4 Å². The van der Waals surface area contributed by atoms with Crippen molar-refractivity contribution in [1.29, 1.82) is 0 Å². The number of alkyl halides is 3. The molecule has 0 aromatic heterocycles. The molecular formula is C7H10F3N. The Morgan fingerprint density at radius 3 is 2.45 bits per heavy atom. The molecule has 0 amide bonds. The third kappa shape index (κ3) is 2.20. The summed E-state index contributed by atoms with van der Waals surface area (Å²) < 4.78 is 35.8. The molecule has 1 aliphatic rings. The van der Waals surface area contributed by atoms with Gasteiger partial charge in [0.1, 0.15) is 5.71 Å². The third-order valence-electron chi connectivity index (χ3n) is 1.79. The van der Waals surface area contributed by atoms with Crippen LogP contribution < -0.4 is 0 Å². The molecule has 0 spiro atoms. The van der Waals surface area contributed by atoms with E-state index in [9.17, 15) is 13.2 Å². The average molecular weight is 165 g/mol. The second-order valence-corrected chi connectivity index (χ2v) is 2.93. The second-order valence-electron chi connectivity index (χ2n) is 2.93. The fourth-order valence-corrected chi connectivity index (χ4v) is 1.05. The van der Waals surface area contributed by atoms with E-state index >= 15 is 0 Å². The summed E-state index contributed by atoms with van der Waals surface area (Å²) in [5.41, 5.74) is -0.587. The fourth-order valence-electron chi connectivity index (χ4n) is 1.05. The summed E-state index contributed by atoms with van der Waals surface area (Å²) >= 11 is 0. The van der Waals surface area contributed by atoms with Crippen LogP contribution in [0.25, 0.3) is 0 Å². The maximum absolute atomic E-state index is 11.9. The van der Waals surface area contributed by atoms with Crippen molar-refractivity contribution in [2.45, 2.75) is 25.9 Å². The number of rotatable bonds is 0. The number of halogens is 3. The van der Waals surface area contributed by atoms with Crippen molar-refractivity contribution >= 4 is 5.71 Å². The molecule has 1 aliphatic heterocycles. The number of hydrogen-bond donors (Lipinski definition) is 0. The van der Waals surface area contributed by atoms with Crippen molar-refractivity contribution < 1.29 is 13.2 Å². The normalized spacial score (nSPS) is 26.5. The smallest absolute Gasteiger partial charge is 0.284 e. The van der Waals surface area contributed by atoms with Gasteiger partial charge in [-0.1, -0.05) is 6.92 Å². The zero-order valence-corrected chi connectivity index (χ0v) is 6.28. The van der Waals surface area contributed by atoms with Gasteiger partial charge in [0.2, 0.25) is 0 Å². The Hall–Kier alpha value is -0.540. The van der Waals surface area contributed by atoms with Gasteiger partial charge in [-0.05, 0) is 18.8 Å². The summed E-state index contributed by atoms with van der Waals surface area (Å²) in [4.78, 5) is 3.47. The van der Waals surface area contributed by atoms with Crippen molar-refractivity contribution in [3.8, 4) is 0 Å². The van der Waals surface area contributed by atoms with Gasteiger partial charge >= 0.3 is 6.18 Å². The van der Waals surface area contributed by atoms with Gasteiger partial charge in [0, 0.05) is 6.54 Å². The maximum atomic E-state index is 11.9. The van der Waals surface area contributed by atoms with Crippen LogP contribution in [-0.4, -0.2) is 18.4 Å². The molecule has 0 N–H and O–H groups in total. The minimum Gasteiger partial charge on any atom is -0.284 e. The second kappa shape index (κ2) is 2.83. The lowest BCUT2D eigenvalue weighted by atomic mass is 10.00. The Bertz CT molecular complexity index is 171. The van der Waals surface area contributed by atoms with Crippen molar-refractivity contribution in [2.75, 3.05) is 6.54 Å². The van der Waals surface area contributed by atoms with Crippen LogP contribution in [-0.2, 0) is 0 Å². The first-order valence-corrected chi connectivity index (χ1v) is 3.60. The van der Waals surface area contributed by atoms with Crippen LogP contribution >= 0.6 is 0 Å². The van der Waals surface area contributed by atoms with Gasteiger partial charge in [0.15, 0.2) is 0 Å². The Morgan fingerprint density at radius 1 is 1.45 bits per heavy atom. The molecule has 1 atom stereocenters.